The zero-order valence-electron chi connectivity index (χ0n) is 12.3. The summed E-state index contributed by atoms with van der Waals surface area (Å²) in [5, 5.41) is 1.93. The predicted octanol–water partition coefficient (Wildman–Crippen LogP) is 3.97. The average molecular weight is 317 g/mol. The largest absolute Gasteiger partial charge is 0.494 e. The Morgan fingerprint density at radius 2 is 1.91 bits per heavy atom. The fourth-order valence-corrected chi connectivity index (χ4v) is 3.56. The van der Waals surface area contributed by atoms with Crippen LogP contribution in [0.1, 0.15) is 37.7 Å². The van der Waals surface area contributed by atoms with Crippen molar-refractivity contribution in [2.24, 2.45) is 5.92 Å². The van der Waals surface area contributed by atoms with Crippen molar-refractivity contribution in [3.05, 3.63) is 34.7 Å². The molecule has 5 heteroatoms. The maximum Gasteiger partial charge on any atom is 0.290 e. The normalized spacial score (nSPS) is 20.6. The molecule has 0 radical (unpaired) electrons. The second kappa shape index (κ2) is 7.01. The Bertz CT molecular complexity index is 588. The van der Waals surface area contributed by atoms with E-state index in [1.54, 1.807) is 6.08 Å². The molecule has 116 valence electrons. The van der Waals surface area contributed by atoms with Gasteiger partial charge < -0.3 is 4.74 Å². The first kappa shape index (κ1) is 15.2. The minimum atomic E-state index is -0.327. The number of carbonyl (C=O) groups is 2. The van der Waals surface area contributed by atoms with Gasteiger partial charge in [-0.2, -0.15) is 0 Å². The Labute approximate surface area is 134 Å². The Morgan fingerprint density at radius 3 is 2.55 bits per heavy atom. The van der Waals surface area contributed by atoms with E-state index in [2.05, 4.69) is 5.32 Å². The van der Waals surface area contributed by atoms with Crippen molar-refractivity contribution in [1.82, 2.24) is 5.32 Å². The van der Waals surface area contributed by atoms with Crippen LogP contribution in [-0.2, 0) is 4.79 Å². The van der Waals surface area contributed by atoms with E-state index in [1.807, 2.05) is 24.3 Å². The highest BCUT2D eigenvalue weighted by Crippen LogP contribution is 2.28. The van der Waals surface area contributed by atoms with E-state index < -0.39 is 0 Å². The van der Waals surface area contributed by atoms with Crippen molar-refractivity contribution < 1.29 is 14.3 Å². The van der Waals surface area contributed by atoms with Crippen LogP contribution in [0.25, 0.3) is 6.08 Å². The molecule has 0 atom stereocenters. The van der Waals surface area contributed by atoms with Gasteiger partial charge in [0.05, 0.1) is 11.5 Å². The van der Waals surface area contributed by atoms with Gasteiger partial charge in [0.1, 0.15) is 5.75 Å². The summed E-state index contributed by atoms with van der Waals surface area (Å²) < 4.78 is 5.77. The molecular weight excluding hydrogens is 298 g/mol. The summed E-state index contributed by atoms with van der Waals surface area (Å²) in [6, 6.07) is 7.60. The number of rotatable bonds is 5. The summed E-state index contributed by atoms with van der Waals surface area (Å²) in [6.45, 7) is 0.762. The molecule has 4 nitrogen and oxygen atoms in total. The lowest BCUT2D eigenvalue weighted by atomic mass is 10.1. The fraction of sp³-hybridized carbons (Fsp3) is 0.412. The van der Waals surface area contributed by atoms with E-state index in [-0.39, 0.29) is 11.1 Å². The van der Waals surface area contributed by atoms with Crippen molar-refractivity contribution in [2.45, 2.75) is 32.1 Å². The number of carbonyl (C=O) groups excluding carboxylic acids is 2. The highest BCUT2D eigenvalue weighted by atomic mass is 32.2. The van der Waals surface area contributed by atoms with Gasteiger partial charge in [-0.3, -0.25) is 14.9 Å². The molecular formula is C17H19NO3S. The Morgan fingerprint density at radius 1 is 1.18 bits per heavy atom. The number of ether oxygens (including phenoxy) is 1. The average Bonchev–Trinajstić information content (AvgIpc) is 3.11. The van der Waals surface area contributed by atoms with Crippen LogP contribution in [0, 0.1) is 5.92 Å². The Hall–Kier alpha value is -1.75. The number of hydrogen-bond donors (Lipinski definition) is 1. The van der Waals surface area contributed by atoms with Gasteiger partial charge in [0, 0.05) is 0 Å². The van der Waals surface area contributed by atoms with E-state index in [9.17, 15) is 9.59 Å². The molecule has 2 amide bonds. The first-order valence-electron chi connectivity index (χ1n) is 7.68. The molecule has 2 aliphatic rings. The molecule has 2 fully saturated rings. The third-order valence-electron chi connectivity index (χ3n) is 4.09. The molecule has 1 aromatic rings. The van der Waals surface area contributed by atoms with Crippen molar-refractivity contribution in [1.29, 1.82) is 0 Å². The minimum absolute atomic E-state index is 0.317. The number of nitrogens with one attached hydrogen (secondary N) is 1. The molecule has 0 bridgehead atoms. The van der Waals surface area contributed by atoms with Crippen molar-refractivity contribution >= 4 is 29.0 Å². The van der Waals surface area contributed by atoms with E-state index in [0.29, 0.717) is 4.91 Å². The zero-order valence-corrected chi connectivity index (χ0v) is 13.2. The summed E-state index contributed by atoms with van der Waals surface area (Å²) in [4.78, 5) is 23.0. The third kappa shape index (κ3) is 3.91. The molecule has 1 aromatic carbocycles. The van der Waals surface area contributed by atoms with Crippen LogP contribution in [0.4, 0.5) is 4.79 Å². The van der Waals surface area contributed by atoms with Gasteiger partial charge in [0.2, 0.25) is 0 Å². The topological polar surface area (TPSA) is 55.4 Å². The van der Waals surface area contributed by atoms with Crippen LogP contribution >= 0.6 is 11.8 Å². The van der Waals surface area contributed by atoms with Gasteiger partial charge >= 0.3 is 0 Å². The second-order valence-electron chi connectivity index (χ2n) is 5.71. The summed E-state index contributed by atoms with van der Waals surface area (Å²) in [5.74, 6) is 1.35. The maximum atomic E-state index is 11.5. The van der Waals surface area contributed by atoms with Crippen LogP contribution in [0.3, 0.4) is 0 Å². The SMILES string of the molecule is O=C1NC(=O)/C(=C/c2ccc(OCCC3CCCC3)cc2)S1. The van der Waals surface area contributed by atoms with Crippen LogP contribution < -0.4 is 10.1 Å². The predicted molar refractivity (Wildman–Crippen MR) is 87.6 cm³/mol. The Balaban J connectivity index is 1.52. The summed E-state index contributed by atoms with van der Waals surface area (Å²) in [5.41, 5.74) is 0.885. The first-order chi connectivity index (χ1) is 10.7. The van der Waals surface area contributed by atoms with Crippen molar-refractivity contribution in [2.75, 3.05) is 6.61 Å². The van der Waals surface area contributed by atoms with Gasteiger partial charge in [0.25, 0.3) is 11.1 Å². The first-order valence-corrected chi connectivity index (χ1v) is 8.50. The molecule has 0 aromatic heterocycles. The molecule has 1 heterocycles. The fourth-order valence-electron chi connectivity index (χ4n) is 2.88. The Kier molecular flexibility index (Phi) is 4.83. The van der Waals surface area contributed by atoms with E-state index in [4.69, 9.17) is 4.74 Å². The quantitative estimate of drug-likeness (QED) is 0.835. The van der Waals surface area contributed by atoms with E-state index in [1.165, 1.54) is 25.7 Å². The molecule has 1 aliphatic carbocycles. The van der Waals surface area contributed by atoms with E-state index in [0.717, 1.165) is 42.0 Å². The third-order valence-corrected chi connectivity index (χ3v) is 4.90. The highest BCUT2D eigenvalue weighted by molar-refractivity contribution is 8.18. The number of benzene rings is 1. The lowest BCUT2D eigenvalue weighted by molar-refractivity contribution is -0.115. The molecule has 0 spiro atoms. The molecule has 0 unspecified atom stereocenters. The molecule has 3 rings (SSSR count). The van der Waals surface area contributed by atoms with E-state index >= 15 is 0 Å². The molecule has 1 saturated heterocycles. The monoisotopic (exact) mass is 317 g/mol. The summed E-state index contributed by atoms with van der Waals surface area (Å²) in [6.07, 6.45) is 8.25. The lowest BCUT2D eigenvalue weighted by Crippen LogP contribution is -2.17. The van der Waals surface area contributed by atoms with Gasteiger partial charge in [-0.05, 0) is 47.9 Å². The van der Waals surface area contributed by atoms with Crippen molar-refractivity contribution in [3.8, 4) is 5.75 Å². The molecule has 1 saturated carbocycles. The van der Waals surface area contributed by atoms with Gasteiger partial charge in [0.15, 0.2) is 0 Å². The van der Waals surface area contributed by atoms with Gasteiger partial charge in [-0.1, -0.05) is 37.8 Å². The standard InChI is InChI=1S/C17H19NO3S/c19-16-15(22-17(20)18-16)11-13-5-7-14(8-6-13)21-10-9-12-3-1-2-4-12/h5-8,11-12H,1-4,9-10H2,(H,18,19,20)/b15-11-. The maximum absolute atomic E-state index is 11.5. The molecule has 22 heavy (non-hydrogen) atoms. The van der Waals surface area contributed by atoms with Crippen LogP contribution in [0.15, 0.2) is 29.2 Å². The van der Waals surface area contributed by atoms with Crippen molar-refractivity contribution in [3.63, 3.8) is 0 Å². The second-order valence-corrected chi connectivity index (χ2v) is 6.72. The summed E-state index contributed by atoms with van der Waals surface area (Å²) in [7, 11) is 0. The van der Waals surface area contributed by atoms with Crippen LogP contribution in [0.5, 0.6) is 5.75 Å². The number of thioether (sulfide) groups is 1. The number of amides is 2. The smallest absolute Gasteiger partial charge is 0.290 e. The molecule has 1 N–H and O–H groups in total. The van der Waals surface area contributed by atoms with Crippen LogP contribution in [0.2, 0.25) is 0 Å². The summed E-state index contributed by atoms with van der Waals surface area (Å²) >= 11 is 0.931. The van der Waals surface area contributed by atoms with Gasteiger partial charge in [-0.25, -0.2) is 0 Å². The lowest BCUT2D eigenvalue weighted by Gasteiger charge is -2.10. The molecule has 1 aliphatic heterocycles. The zero-order chi connectivity index (χ0) is 15.4. The highest BCUT2D eigenvalue weighted by Gasteiger charge is 2.24. The number of imide groups is 1. The number of hydrogen-bond acceptors (Lipinski definition) is 4. The minimum Gasteiger partial charge on any atom is -0.494 e. The van der Waals surface area contributed by atoms with Gasteiger partial charge in [-0.15, -0.1) is 0 Å². The van der Waals surface area contributed by atoms with Crippen LogP contribution in [-0.4, -0.2) is 17.8 Å².